The highest BCUT2D eigenvalue weighted by molar-refractivity contribution is 6.01. The quantitative estimate of drug-likeness (QED) is 0.340. The van der Waals surface area contributed by atoms with Gasteiger partial charge in [0, 0.05) is 6.21 Å². The summed E-state index contributed by atoms with van der Waals surface area (Å²) in [6, 6.07) is 9.67. The van der Waals surface area contributed by atoms with Gasteiger partial charge in [-0.15, -0.1) is 0 Å². The van der Waals surface area contributed by atoms with Crippen molar-refractivity contribution in [2.75, 3.05) is 0 Å². The molecule has 0 heterocycles. The van der Waals surface area contributed by atoms with Crippen LogP contribution in [0.2, 0.25) is 0 Å². The number of carbonyl (C=O) groups is 1. The lowest BCUT2D eigenvalue weighted by molar-refractivity contribution is -0.104. The number of aldehydes is 1. The predicted molar refractivity (Wildman–Crippen MR) is 55.4 cm³/mol. The fourth-order valence-corrected chi connectivity index (χ4v) is 0.934. The monoisotopic (exact) mass is 189 g/mol. The molecule has 72 valence electrons. The molecular weight excluding hydrogens is 178 g/mol. The number of aliphatic hydroxyl groups is 1. The summed E-state index contributed by atoms with van der Waals surface area (Å²) in [5.41, 5.74) is 1.23. The summed E-state index contributed by atoms with van der Waals surface area (Å²) in [6.45, 7) is 0.506. The minimum absolute atomic E-state index is 0.168. The summed E-state index contributed by atoms with van der Waals surface area (Å²) in [6.07, 6.45) is 2.63. The molecule has 0 aliphatic carbocycles. The van der Waals surface area contributed by atoms with E-state index in [-0.39, 0.29) is 5.57 Å². The van der Waals surface area contributed by atoms with E-state index in [1.54, 1.807) is 0 Å². The molecule has 0 amide bonds. The van der Waals surface area contributed by atoms with Gasteiger partial charge in [-0.05, 0) is 5.56 Å². The molecule has 0 aliphatic rings. The van der Waals surface area contributed by atoms with Crippen molar-refractivity contribution in [2.24, 2.45) is 4.99 Å². The van der Waals surface area contributed by atoms with E-state index < -0.39 is 0 Å². The van der Waals surface area contributed by atoms with Gasteiger partial charge in [-0.2, -0.15) is 0 Å². The Bertz CT molecular complexity index is 342. The molecule has 0 fully saturated rings. The van der Waals surface area contributed by atoms with Crippen molar-refractivity contribution in [1.29, 1.82) is 0 Å². The number of aliphatic imine (C=N–C) groups is 1. The summed E-state index contributed by atoms with van der Waals surface area (Å²) in [4.78, 5) is 14.3. The first-order valence-corrected chi connectivity index (χ1v) is 4.20. The van der Waals surface area contributed by atoms with Crippen LogP contribution in [-0.4, -0.2) is 17.6 Å². The number of hydrogen-bond acceptors (Lipinski definition) is 3. The number of nitrogens with zero attached hydrogens (tertiary/aromatic N) is 1. The van der Waals surface area contributed by atoms with E-state index in [1.807, 2.05) is 30.3 Å². The maximum atomic E-state index is 10.3. The van der Waals surface area contributed by atoms with Crippen LogP contribution < -0.4 is 0 Å². The summed E-state index contributed by atoms with van der Waals surface area (Å²) < 4.78 is 0. The molecule has 0 bridgehead atoms. The van der Waals surface area contributed by atoms with Gasteiger partial charge in [-0.1, -0.05) is 30.3 Å². The van der Waals surface area contributed by atoms with E-state index in [0.717, 1.165) is 11.8 Å². The minimum atomic E-state index is 0.168. The number of aliphatic hydroxyl groups excluding tert-OH is 1. The van der Waals surface area contributed by atoms with Crippen LogP contribution >= 0.6 is 0 Å². The van der Waals surface area contributed by atoms with Crippen LogP contribution in [-0.2, 0) is 11.3 Å². The fraction of sp³-hybridized carbons (Fsp3) is 0.0909. The van der Waals surface area contributed by atoms with Gasteiger partial charge in [0.05, 0.1) is 18.4 Å². The minimum Gasteiger partial charge on any atom is -0.515 e. The maximum absolute atomic E-state index is 10.3. The van der Waals surface area contributed by atoms with Crippen molar-refractivity contribution >= 4 is 12.5 Å². The van der Waals surface area contributed by atoms with E-state index in [1.165, 1.54) is 6.21 Å². The highest BCUT2D eigenvalue weighted by Crippen LogP contribution is 1.99. The number of rotatable bonds is 4. The standard InChI is InChI=1S/C11H11NO2/c13-8-11(9-14)7-12-6-10-4-2-1-3-5-10/h1-5,7-9,13H,6H2/b11-8-,12-7?. The normalized spacial score (nSPS) is 11.9. The summed E-state index contributed by atoms with van der Waals surface area (Å²) in [7, 11) is 0. The Hall–Kier alpha value is -1.90. The van der Waals surface area contributed by atoms with Crippen LogP contribution in [0.15, 0.2) is 47.2 Å². The molecule has 0 unspecified atom stereocenters. The molecule has 0 atom stereocenters. The van der Waals surface area contributed by atoms with E-state index in [2.05, 4.69) is 4.99 Å². The average Bonchev–Trinajstić information content (AvgIpc) is 2.26. The molecule has 3 heteroatoms. The van der Waals surface area contributed by atoms with E-state index in [4.69, 9.17) is 5.11 Å². The molecule has 1 rings (SSSR count). The lowest BCUT2D eigenvalue weighted by Gasteiger charge is -1.93. The number of allylic oxidation sites excluding steroid dienone is 1. The third-order valence-corrected chi connectivity index (χ3v) is 1.64. The number of benzene rings is 1. The Morgan fingerprint density at radius 2 is 2.07 bits per heavy atom. The summed E-state index contributed by atoms with van der Waals surface area (Å²) >= 11 is 0. The molecule has 1 aromatic rings. The van der Waals surface area contributed by atoms with Gasteiger partial charge in [0.1, 0.15) is 0 Å². The molecule has 0 spiro atoms. The topological polar surface area (TPSA) is 49.7 Å². The Labute approximate surface area is 82.4 Å². The zero-order chi connectivity index (χ0) is 10.2. The Balaban J connectivity index is 2.53. The van der Waals surface area contributed by atoms with Crippen molar-refractivity contribution in [1.82, 2.24) is 0 Å². The zero-order valence-corrected chi connectivity index (χ0v) is 7.63. The third-order valence-electron chi connectivity index (χ3n) is 1.64. The van der Waals surface area contributed by atoms with Crippen LogP contribution in [0.1, 0.15) is 5.56 Å². The maximum Gasteiger partial charge on any atom is 0.154 e. The van der Waals surface area contributed by atoms with Gasteiger partial charge >= 0.3 is 0 Å². The van der Waals surface area contributed by atoms with Crippen molar-refractivity contribution in [3.8, 4) is 0 Å². The van der Waals surface area contributed by atoms with Crippen molar-refractivity contribution < 1.29 is 9.90 Å². The zero-order valence-electron chi connectivity index (χ0n) is 7.63. The van der Waals surface area contributed by atoms with Crippen LogP contribution in [0, 0.1) is 0 Å². The highest BCUT2D eigenvalue weighted by atomic mass is 16.2. The number of carbonyl (C=O) groups excluding carboxylic acids is 1. The number of hydrogen-bond donors (Lipinski definition) is 1. The average molecular weight is 189 g/mol. The molecule has 0 radical (unpaired) electrons. The van der Waals surface area contributed by atoms with Crippen molar-refractivity contribution in [3.05, 3.63) is 47.7 Å². The summed E-state index contributed by atoms with van der Waals surface area (Å²) in [5, 5.41) is 8.54. The molecule has 0 saturated carbocycles. The fourth-order valence-electron chi connectivity index (χ4n) is 0.934. The second-order valence-electron chi connectivity index (χ2n) is 2.70. The molecule has 0 aliphatic heterocycles. The molecule has 0 aromatic heterocycles. The SMILES string of the molecule is O=C/C(C=NCc1ccccc1)=C\O. The largest absolute Gasteiger partial charge is 0.515 e. The molecule has 3 nitrogen and oxygen atoms in total. The Morgan fingerprint density at radius 3 is 2.64 bits per heavy atom. The van der Waals surface area contributed by atoms with Crippen molar-refractivity contribution in [2.45, 2.75) is 6.54 Å². The first-order valence-electron chi connectivity index (χ1n) is 4.20. The highest BCUT2D eigenvalue weighted by Gasteiger charge is 1.89. The van der Waals surface area contributed by atoms with Gasteiger partial charge in [0.2, 0.25) is 0 Å². The van der Waals surface area contributed by atoms with Gasteiger partial charge in [0.15, 0.2) is 6.29 Å². The lowest BCUT2D eigenvalue weighted by atomic mass is 10.2. The van der Waals surface area contributed by atoms with Crippen LogP contribution in [0.3, 0.4) is 0 Å². The lowest BCUT2D eigenvalue weighted by Crippen LogP contribution is -1.87. The van der Waals surface area contributed by atoms with Gasteiger partial charge in [-0.3, -0.25) is 9.79 Å². The smallest absolute Gasteiger partial charge is 0.154 e. The molecule has 1 N–H and O–H groups in total. The van der Waals surface area contributed by atoms with E-state index in [0.29, 0.717) is 12.8 Å². The molecular formula is C11H11NO2. The predicted octanol–water partition coefficient (Wildman–Crippen LogP) is 1.90. The van der Waals surface area contributed by atoms with E-state index >= 15 is 0 Å². The van der Waals surface area contributed by atoms with E-state index in [9.17, 15) is 4.79 Å². The Morgan fingerprint density at radius 1 is 1.36 bits per heavy atom. The van der Waals surface area contributed by atoms with Crippen LogP contribution in [0.5, 0.6) is 0 Å². The second-order valence-corrected chi connectivity index (χ2v) is 2.70. The van der Waals surface area contributed by atoms with Gasteiger partial charge in [-0.25, -0.2) is 0 Å². The molecule has 0 saturated heterocycles. The van der Waals surface area contributed by atoms with Crippen LogP contribution in [0.4, 0.5) is 0 Å². The van der Waals surface area contributed by atoms with Gasteiger partial charge < -0.3 is 5.11 Å². The third kappa shape index (κ3) is 3.23. The van der Waals surface area contributed by atoms with Crippen molar-refractivity contribution in [3.63, 3.8) is 0 Å². The molecule has 1 aromatic carbocycles. The van der Waals surface area contributed by atoms with Crippen LogP contribution in [0.25, 0.3) is 0 Å². The first kappa shape index (κ1) is 10.2. The van der Waals surface area contributed by atoms with Gasteiger partial charge in [0.25, 0.3) is 0 Å². The molecule has 14 heavy (non-hydrogen) atoms. The Kier molecular flexibility index (Phi) is 4.14. The first-order chi connectivity index (χ1) is 6.86. The second kappa shape index (κ2) is 5.70. The summed E-state index contributed by atoms with van der Waals surface area (Å²) in [5.74, 6) is 0.